The van der Waals surface area contributed by atoms with E-state index in [-0.39, 0.29) is 0 Å². The summed E-state index contributed by atoms with van der Waals surface area (Å²) in [5, 5.41) is 16.5. The summed E-state index contributed by atoms with van der Waals surface area (Å²) in [7, 11) is 0. The van der Waals surface area contributed by atoms with Crippen molar-refractivity contribution in [3.8, 4) is 22.8 Å². The van der Waals surface area contributed by atoms with Gasteiger partial charge in [0.15, 0.2) is 5.65 Å². The number of nitrogens with zero attached hydrogens (tertiary/aromatic N) is 6. The summed E-state index contributed by atoms with van der Waals surface area (Å²) in [6.45, 7) is 8.60. The van der Waals surface area contributed by atoms with Crippen LogP contribution in [0, 0.1) is 17.8 Å². The Morgan fingerprint density at radius 1 is 0.939 bits per heavy atom. The molecule has 0 amide bonds. The molecule has 1 saturated carbocycles. The van der Waals surface area contributed by atoms with Gasteiger partial charge in [0.2, 0.25) is 0 Å². The van der Waals surface area contributed by atoms with Gasteiger partial charge in [-0.25, -0.2) is 19.4 Å². The third kappa shape index (κ3) is 7.36. The highest BCUT2D eigenvalue weighted by Gasteiger charge is 2.44. The van der Waals surface area contributed by atoms with Crippen LogP contribution in [0.4, 0.5) is 19.0 Å². The van der Waals surface area contributed by atoms with E-state index in [9.17, 15) is 13.2 Å². The van der Waals surface area contributed by atoms with Crippen LogP contribution in [0.1, 0.15) is 31.7 Å². The van der Waals surface area contributed by atoms with Gasteiger partial charge in [-0.15, -0.1) is 0 Å². The zero-order chi connectivity index (χ0) is 34.1. The van der Waals surface area contributed by atoms with Crippen molar-refractivity contribution < 1.29 is 27.8 Å². The second-order valence-electron chi connectivity index (χ2n) is 13.6. The minimum atomic E-state index is -5.08. The van der Waals surface area contributed by atoms with Gasteiger partial charge in [-0.05, 0) is 79.8 Å². The number of aromatic nitrogens is 4. The average molecular weight is 679 g/mol. The van der Waals surface area contributed by atoms with Crippen molar-refractivity contribution in [3.63, 3.8) is 0 Å². The number of benzene rings is 2. The van der Waals surface area contributed by atoms with Gasteiger partial charge in [0, 0.05) is 57.4 Å². The standard InChI is InChI=1S/C33H40N8O.C2HF3O2/c34-32-30-31(23-6-8-29(9-7-23)42-28-4-2-1-3-5-28)38-41(33(30)37-21-36-32)26-10-12-40(13-11-26)27-14-24-19-39(20-25(24)15-27)18-22-16-35-17-22;3-2(4,5)1(6)7/h1-9,21-22,24-27,35H,10-20H2,(H2,34,36,37);(H,6,7)/t24-,25+,27?;. The quantitative estimate of drug-likeness (QED) is 0.243. The summed E-state index contributed by atoms with van der Waals surface area (Å²) < 4.78 is 39.9. The third-order valence-electron chi connectivity index (χ3n) is 10.4. The number of rotatable bonds is 7. The highest BCUT2D eigenvalue weighted by atomic mass is 19.4. The molecule has 5 heterocycles. The first kappa shape index (κ1) is 33.2. The summed E-state index contributed by atoms with van der Waals surface area (Å²) in [5.41, 5.74) is 9.07. The van der Waals surface area contributed by atoms with E-state index in [1.165, 1.54) is 45.6 Å². The molecule has 4 aliphatic rings. The number of hydrogen-bond donors (Lipinski definition) is 3. The predicted octanol–water partition coefficient (Wildman–Crippen LogP) is 5.07. The molecule has 1 aliphatic carbocycles. The molecule has 2 aromatic heterocycles. The van der Waals surface area contributed by atoms with Crippen LogP contribution >= 0.6 is 0 Å². The Morgan fingerprint density at radius 2 is 1.57 bits per heavy atom. The summed E-state index contributed by atoms with van der Waals surface area (Å²) in [6, 6.07) is 18.9. The van der Waals surface area contributed by atoms with E-state index >= 15 is 0 Å². The smallest absolute Gasteiger partial charge is 0.475 e. The maximum Gasteiger partial charge on any atom is 0.490 e. The minimum absolute atomic E-state index is 0.306. The molecule has 8 rings (SSSR count). The number of carboxylic acid groups (broad SMARTS) is 1. The monoisotopic (exact) mass is 678 g/mol. The molecule has 0 radical (unpaired) electrons. The van der Waals surface area contributed by atoms with E-state index in [4.69, 9.17) is 25.5 Å². The number of para-hydroxylation sites is 1. The lowest BCUT2D eigenvalue weighted by molar-refractivity contribution is -0.192. The van der Waals surface area contributed by atoms with Crippen LogP contribution in [-0.2, 0) is 4.79 Å². The molecule has 11 nitrogen and oxygen atoms in total. The molecule has 4 aromatic rings. The molecule has 3 atom stereocenters. The number of hydrogen-bond acceptors (Lipinski definition) is 9. The zero-order valence-corrected chi connectivity index (χ0v) is 27.1. The molecular weight excluding hydrogens is 637 g/mol. The van der Waals surface area contributed by atoms with Crippen molar-refractivity contribution in [1.82, 2.24) is 34.9 Å². The normalized spacial score (nSPS) is 23.5. The molecule has 260 valence electrons. The number of fused-ring (bicyclic) bond motifs is 2. The van der Waals surface area contributed by atoms with E-state index in [1.54, 1.807) is 6.33 Å². The van der Waals surface area contributed by atoms with E-state index < -0.39 is 12.1 Å². The number of piperidine rings is 1. The number of nitrogen functional groups attached to an aromatic ring is 1. The number of aliphatic carboxylic acids is 1. The van der Waals surface area contributed by atoms with Crippen LogP contribution < -0.4 is 15.8 Å². The number of alkyl halides is 3. The first-order chi connectivity index (χ1) is 23.6. The number of likely N-dealkylation sites (tertiary alicyclic amines) is 2. The molecule has 0 bridgehead atoms. The van der Waals surface area contributed by atoms with E-state index in [0.29, 0.717) is 11.9 Å². The number of carbonyl (C=O) groups is 1. The topological polar surface area (TPSA) is 135 Å². The van der Waals surface area contributed by atoms with Crippen LogP contribution in [-0.4, -0.2) is 98.7 Å². The van der Waals surface area contributed by atoms with Gasteiger partial charge in [0.1, 0.15) is 29.3 Å². The highest BCUT2D eigenvalue weighted by molar-refractivity contribution is 5.98. The lowest BCUT2D eigenvalue weighted by Crippen LogP contribution is -2.48. The molecule has 1 unspecified atom stereocenters. The van der Waals surface area contributed by atoms with Crippen LogP contribution in [0.2, 0.25) is 0 Å². The van der Waals surface area contributed by atoms with E-state index in [2.05, 4.69) is 29.8 Å². The van der Waals surface area contributed by atoms with Gasteiger partial charge in [-0.1, -0.05) is 18.2 Å². The van der Waals surface area contributed by atoms with E-state index in [1.807, 2.05) is 54.6 Å². The number of anilines is 1. The van der Waals surface area contributed by atoms with Crippen molar-refractivity contribution in [1.29, 1.82) is 0 Å². The Hall–Kier alpha value is -4.27. The number of carboxylic acids is 1. The summed E-state index contributed by atoms with van der Waals surface area (Å²) in [5.74, 6) is 1.98. The lowest BCUT2D eigenvalue weighted by atomic mass is 10.0. The summed E-state index contributed by atoms with van der Waals surface area (Å²) in [4.78, 5) is 23.4. The van der Waals surface area contributed by atoms with Gasteiger partial charge in [0.05, 0.1) is 11.4 Å². The molecule has 4 N–H and O–H groups in total. The second kappa shape index (κ2) is 13.9. The Balaban J connectivity index is 0.000000491. The first-order valence-corrected chi connectivity index (χ1v) is 16.9. The summed E-state index contributed by atoms with van der Waals surface area (Å²) >= 11 is 0. The molecular formula is C35H41F3N8O3. The zero-order valence-electron chi connectivity index (χ0n) is 27.1. The number of nitrogens with one attached hydrogen (secondary N) is 1. The summed E-state index contributed by atoms with van der Waals surface area (Å²) in [6.07, 6.45) is 1.38. The largest absolute Gasteiger partial charge is 0.490 e. The molecule has 3 aliphatic heterocycles. The number of nitrogens with two attached hydrogens (primary N) is 1. The van der Waals surface area contributed by atoms with Crippen LogP contribution in [0.25, 0.3) is 22.3 Å². The Bertz CT molecular complexity index is 1730. The van der Waals surface area contributed by atoms with Crippen LogP contribution in [0.15, 0.2) is 60.9 Å². The Kier molecular flexibility index (Phi) is 9.44. The Labute approximate surface area is 282 Å². The van der Waals surface area contributed by atoms with Crippen LogP contribution in [0.3, 0.4) is 0 Å². The van der Waals surface area contributed by atoms with Crippen molar-refractivity contribution in [3.05, 3.63) is 60.9 Å². The molecule has 0 spiro atoms. The van der Waals surface area contributed by atoms with Gasteiger partial charge >= 0.3 is 12.1 Å². The van der Waals surface area contributed by atoms with Gasteiger partial charge in [-0.3, -0.25) is 0 Å². The van der Waals surface area contributed by atoms with Gasteiger partial charge in [-0.2, -0.15) is 18.3 Å². The van der Waals surface area contributed by atoms with Gasteiger partial charge in [0.25, 0.3) is 0 Å². The first-order valence-electron chi connectivity index (χ1n) is 16.9. The minimum Gasteiger partial charge on any atom is -0.475 e. The van der Waals surface area contributed by atoms with Crippen molar-refractivity contribution in [2.24, 2.45) is 17.8 Å². The predicted molar refractivity (Wildman–Crippen MR) is 178 cm³/mol. The SMILES string of the molecule is Nc1ncnc2c1c(-c1ccc(Oc3ccccc3)cc1)nn2C1CCN(C2C[C@@H]3CN(CC4CNC4)C[C@@H]3C2)CC1.O=C(O)C(F)(F)F. The average Bonchev–Trinajstić information content (AvgIpc) is 3.76. The number of halogens is 3. The molecule has 4 fully saturated rings. The Morgan fingerprint density at radius 3 is 2.16 bits per heavy atom. The van der Waals surface area contributed by atoms with Crippen LogP contribution in [0.5, 0.6) is 11.5 Å². The fraction of sp³-hybridized carbons (Fsp3) is 0.486. The second-order valence-corrected chi connectivity index (χ2v) is 13.6. The molecule has 14 heteroatoms. The van der Waals surface area contributed by atoms with E-state index in [0.717, 1.165) is 83.5 Å². The fourth-order valence-corrected chi connectivity index (χ4v) is 7.91. The lowest BCUT2D eigenvalue weighted by Gasteiger charge is -2.37. The fourth-order valence-electron chi connectivity index (χ4n) is 7.91. The number of ether oxygens (including phenoxy) is 1. The molecule has 3 saturated heterocycles. The third-order valence-corrected chi connectivity index (χ3v) is 10.4. The highest BCUT2D eigenvalue weighted by Crippen LogP contribution is 2.42. The molecule has 49 heavy (non-hydrogen) atoms. The van der Waals surface area contributed by atoms with Gasteiger partial charge < -0.3 is 30.7 Å². The maximum atomic E-state index is 10.6. The molecule has 2 aromatic carbocycles. The van der Waals surface area contributed by atoms with Crippen molar-refractivity contribution >= 4 is 22.8 Å². The van der Waals surface area contributed by atoms with Crippen molar-refractivity contribution in [2.45, 2.75) is 43.9 Å². The maximum absolute atomic E-state index is 10.6. The van der Waals surface area contributed by atoms with Crippen molar-refractivity contribution in [2.75, 3.05) is 51.5 Å².